The van der Waals surface area contributed by atoms with Crippen molar-refractivity contribution in [1.82, 2.24) is 9.88 Å². The van der Waals surface area contributed by atoms with Crippen molar-refractivity contribution in [1.29, 1.82) is 0 Å². The van der Waals surface area contributed by atoms with E-state index in [0.29, 0.717) is 6.61 Å². The highest BCUT2D eigenvalue weighted by Crippen LogP contribution is 2.36. The first kappa shape index (κ1) is 16.7. The van der Waals surface area contributed by atoms with Gasteiger partial charge >= 0.3 is 0 Å². The van der Waals surface area contributed by atoms with Gasteiger partial charge in [-0.3, -0.25) is 0 Å². The lowest BCUT2D eigenvalue weighted by Gasteiger charge is -2.10. The number of ether oxygens (including phenoxy) is 1. The van der Waals surface area contributed by atoms with Gasteiger partial charge in [-0.25, -0.2) is 0 Å². The maximum Gasteiger partial charge on any atom is 0.129 e. The molecule has 26 heavy (non-hydrogen) atoms. The van der Waals surface area contributed by atoms with Crippen LogP contribution in [0.25, 0.3) is 21.8 Å². The third-order valence-corrected chi connectivity index (χ3v) is 4.73. The molecule has 0 fully saturated rings. The van der Waals surface area contributed by atoms with Crippen LogP contribution in [-0.2, 0) is 6.54 Å². The van der Waals surface area contributed by atoms with Gasteiger partial charge in [0.15, 0.2) is 0 Å². The molecule has 3 heteroatoms. The van der Waals surface area contributed by atoms with E-state index in [1.165, 1.54) is 27.4 Å². The number of benzene rings is 3. The van der Waals surface area contributed by atoms with Crippen molar-refractivity contribution in [3.63, 3.8) is 0 Å². The van der Waals surface area contributed by atoms with Gasteiger partial charge in [0.05, 0.1) is 5.52 Å². The van der Waals surface area contributed by atoms with Crippen LogP contribution >= 0.6 is 0 Å². The Kier molecular flexibility index (Phi) is 4.89. The van der Waals surface area contributed by atoms with Crippen LogP contribution < -0.4 is 10.1 Å². The molecule has 0 atom stereocenters. The highest BCUT2D eigenvalue weighted by Gasteiger charge is 2.14. The summed E-state index contributed by atoms with van der Waals surface area (Å²) in [5.41, 5.74) is 3.76. The van der Waals surface area contributed by atoms with Crippen LogP contribution in [0.2, 0.25) is 0 Å². The highest BCUT2D eigenvalue weighted by atomic mass is 16.5. The standard InChI is InChI=1S/C23H24N2O/c1-2-24-15-16-26-22-14-8-13-21-23(22)19-11-6-7-12-20(19)25(21)17-18-9-4-3-5-10-18/h3-14,24H,2,15-17H2,1H3. The third-order valence-electron chi connectivity index (χ3n) is 4.73. The Labute approximate surface area is 154 Å². The second-order valence-electron chi connectivity index (χ2n) is 6.44. The van der Waals surface area contributed by atoms with E-state index in [1.54, 1.807) is 0 Å². The summed E-state index contributed by atoms with van der Waals surface area (Å²) >= 11 is 0. The lowest BCUT2D eigenvalue weighted by atomic mass is 10.1. The number of hydrogen-bond donors (Lipinski definition) is 1. The molecule has 0 radical (unpaired) electrons. The highest BCUT2D eigenvalue weighted by molar-refractivity contribution is 6.11. The zero-order valence-corrected chi connectivity index (χ0v) is 15.1. The van der Waals surface area contributed by atoms with E-state index in [2.05, 4.69) is 89.6 Å². The van der Waals surface area contributed by atoms with E-state index in [9.17, 15) is 0 Å². The summed E-state index contributed by atoms with van der Waals surface area (Å²) in [6.45, 7) is 5.45. The van der Waals surface area contributed by atoms with Crippen LogP contribution in [0.3, 0.4) is 0 Å². The summed E-state index contributed by atoms with van der Waals surface area (Å²) in [7, 11) is 0. The van der Waals surface area contributed by atoms with Gasteiger partial charge in [-0.15, -0.1) is 0 Å². The second-order valence-corrected chi connectivity index (χ2v) is 6.44. The van der Waals surface area contributed by atoms with Crippen LogP contribution in [0, 0.1) is 0 Å². The van der Waals surface area contributed by atoms with Crippen LogP contribution in [0.15, 0.2) is 72.8 Å². The Hall–Kier alpha value is -2.78. The fourth-order valence-electron chi connectivity index (χ4n) is 3.53. The van der Waals surface area contributed by atoms with Gasteiger partial charge in [0.2, 0.25) is 0 Å². The monoisotopic (exact) mass is 344 g/mol. The molecule has 0 aliphatic rings. The zero-order chi connectivity index (χ0) is 17.8. The minimum atomic E-state index is 0.672. The average molecular weight is 344 g/mol. The lowest BCUT2D eigenvalue weighted by Crippen LogP contribution is -2.20. The number of hydrogen-bond acceptors (Lipinski definition) is 2. The maximum absolute atomic E-state index is 6.12. The summed E-state index contributed by atoms with van der Waals surface area (Å²) in [6, 6.07) is 25.6. The van der Waals surface area contributed by atoms with E-state index in [4.69, 9.17) is 4.74 Å². The zero-order valence-electron chi connectivity index (χ0n) is 15.1. The number of likely N-dealkylation sites (N-methyl/N-ethyl adjacent to an activating group) is 1. The SMILES string of the molecule is CCNCCOc1cccc2c1c1ccccc1n2Cc1ccccc1. The molecular formula is C23H24N2O. The van der Waals surface area contributed by atoms with E-state index in [0.717, 1.165) is 25.4 Å². The molecule has 0 unspecified atom stereocenters. The van der Waals surface area contributed by atoms with Crippen molar-refractivity contribution in [3.05, 3.63) is 78.4 Å². The summed E-state index contributed by atoms with van der Waals surface area (Å²) in [6.07, 6.45) is 0. The topological polar surface area (TPSA) is 26.2 Å². The predicted molar refractivity (Wildman–Crippen MR) is 109 cm³/mol. The van der Waals surface area contributed by atoms with E-state index >= 15 is 0 Å². The third kappa shape index (κ3) is 3.18. The van der Waals surface area contributed by atoms with E-state index < -0.39 is 0 Å². The molecule has 3 aromatic carbocycles. The Bertz CT molecular complexity index is 1000. The number of fused-ring (bicyclic) bond motifs is 3. The van der Waals surface area contributed by atoms with Gasteiger partial charge in [-0.05, 0) is 30.3 Å². The fourth-order valence-corrected chi connectivity index (χ4v) is 3.53. The van der Waals surface area contributed by atoms with Gasteiger partial charge in [0, 0.05) is 29.4 Å². The maximum atomic E-state index is 6.12. The minimum Gasteiger partial charge on any atom is -0.492 e. The van der Waals surface area contributed by atoms with Crippen molar-refractivity contribution < 1.29 is 4.74 Å². The molecule has 0 bridgehead atoms. The molecule has 0 aliphatic carbocycles. The van der Waals surface area contributed by atoms with Crippen LogP contribution in [0.4, 0.5) is 0 Å². The fraction of sp³-hybridized carbons (Fsp3) is 0.217. The van der Waals surface area contributed by atoms with Crippen molar-refractivity contribution in [2.75, 3.05) is 19.7 Å². The molecular weight excluding hydrogens is 320 g/mol. The van der Waals surface area contributed by atoms with Gasteiger partial charge < -0.3 is 14.6 Å². The van der Waals surface area contributed by atoms with Gasteiger partial charge in [0.1, 0.15) is 12.4 Å². The normalized spacial score (nSPS) is 11.3. The molecule has 0 amide bonds. The van der Waals surface area contributed by atoms with E-state index in [1.807, 2.05) is 0 Å². The summed E-state index contributed by atoms with van der Waals surface area (Å²) in [5, 5.41) is 5.76. The largest absolute Gasteiger partial charge is 0.492 e. The number of rotatable bonds is 7. The van der Waals surface area contributed by atoms with Crippen LogP contribution in [-0.4, -0.2) is 24.3 Å². The summed E-state index contributed by atoms with van der Waals surface area (Å²) in [5.74, 6) is 0.961. The average Bonchev–Trinajstić information content (AvgIpc) is 3.01. The minimum absolute atomic E-state index is 0.672. The molecule has 0 aliphatic heterocycles. The first-order valence-corrected chi connectivity index (χ1v) is 9.26. The smallest absolute Gasteiger partial charge is 0.129 e. The second kappa shape index (κ2) is 7.63. The van der Waals surface area contributed by atoms with Crippen molar-refractivity contribution in [2.24, 2.45) is 0 Å². The number of nitrogens with zero attached hydrogens (tertiary/aromatic N) is 1. The molecule has 0 saturated heterocycles. The molecule has 0 saturated carbocycles. The number of para-hydroxylation sites is 1. The van der Waals surface area contributed by atoms with Crippen molar-refractivity contribution in [2.45, 2.75) is 13.5 Å². The molecule has 4 aromatic rings. The molecule has 1 N–H and O–H groups in total. The lowest BCUT2D eigenvalue weighted by molar-refractivity contribution is 0.319. The summed E-state index contributed by atoms with van der Waals surface area (Å²) in [4.78, 5) is 0. The molecule has 1 aromatic heterocycles. The predicted octanol–water partition coefficient (Wildman–Crippen LogP) is 4.83. The Morgan fingerprint density at radius 1 is 0.846 bits per heavy atom. The first-order chi connectivity index (χ1) is 12.9. The quantitative estimate of drug-likeness (QED) is 0.486. The first-order valence-electron chi connectivity index (χ1n) is 9.26. The summed E-state index contributed by atoms with van der Waals surface area (Å²) < 4.78 is 8.50. The van der Waals surface area contributed by atoms with Crippen molar-refractivity contribution >= 4 is 21.8 Å². The number of nitrogens with one attached hydrogen (secondary N) is 1. The molecule has 3 nitrogen and oxygen atoms in total. The number of aromatic nitrogens is 1. The molecule has 0 spiro atoms. The van der Waals surface area contributed by atoms with E-state index in [-0.39, 0.29) is 0 Å². The van der Waals surface area contributed by atoms with Crippen molar-refractivity contribution in [3.8, 4) is 5.75 Å². The Morgan fingerprint density at radius 2 is 1.62 bits per heavy atom. The molecule has 4 rings (SSSR count). The molecule has 132 valence electrons. The van der Waals surface area contributed by atoms with Gasteiger partial charge in [-0.1, -0.05) is 61.5 Å². The van der Waals surface area contributed by atoms with Crippen LogP contribution in [0.1, 0.15) is 12.5 Å². The van der Waals surface area contributed by atoms with Gasteiger partial charge in [0.25, 0.3) is 0 Å². The Balaban J connectivity index is 1.81. The molecule has 1 heterocycles. The van der Waals surface area contributed by atoms with Crippen LogP contribution in [0.5, 0.6) is 5.75 Å². The Morgan fingerprint density at radius 3 is 2.46 bits per heavy atom. The van der Waals surface area contributed by atoms with Gasteiger partial charge in [-0.2, -0.15) is 0 Å².